The normalized spacial score (nSPS) is 12.5. The van der Waals surface area contributed by atoms with E-state index >= 15 is 0 Å². The van der Waals surface area contributed by atoms with Crippen LogP contribution >= 0.6 is 0 Å². The Balaban J connectivity index is 2.40. The third-order valence-electron chi connectivity index (χ3n) is 3.85. The van der Waals surface area contributed by atoms with E-state index in [2.05, 4.69) is 18.3 Å². The van der Waals surface area contributed by atoms with Gasteiger partial charge in [0.05, 0.1) is 0 Å². The quantitative estimate of drug-likeness (QED) is 0.798. The Bertz CT molecular complexity index is 821. The minimum Gasteiger partial charge on any atom is -0.312 e. The van der Waals surface area contributed by atoms with E-state index < -0.39 is 0 Å². The Kier molecular flexibility index (Phi) is 3.59. The monoisotopic (exact) mass is 278 g/mol. The van der Waals surface area contributed by atoms with Gasteiger partial charge in [-0.1, -0.05) is 36.4 Å². The van der Waals surface area contributed by atoms with Crippen LogP contribution in [0.25, 0.3) is 16.5 Å². The third kappa shape index (κ3) is 2.36. The lowest BCUT2D eigenvalue weighted by molar-refractivity contribution is 0.612. The second kappa shape index (κ2) is 5.54. The highest BCUT2D eigenvalue weighted by atomic mass is 16.1. The van der Waals surface area contributed by atoms with Crippen molar-refractivity contribution in [3.05, 3.63) is 76.7 Å². The molecule has 3 aromatic rings. The number of aromatic nitrogens is 1. The summed E-state index contributed by atoms with van der Waals surface area (Å²) in [6, 6.07) is 19.7. The molecule has 21 heavy (non-hydrogen) atoms. The highest BCUT2D eigenvalue weighted by Gasteiger charge is 2.14. The molecule has 0 unspecified atom stereocenters. The van der Waals surface area contributed by atoms with E-state index in [0.29, 0.717) is 0 Å². The van der Waals surface area contributed by atoms with Crippen LogP contribution in [0.4, 0.5) is 0 Å². The van der Waals surface area contributed by atoms with Gasteiger partial charge in [-0.3, -0.25) is 9.36 Å². The highest BCUT2D eigenvalue weighted by Crippen LogP contribution is 2.20. The van der Waals surface area contributed by atoms with Crippen molar-refractivity contribution in [2.75, 3.05) is 7.05 Å². The molecule has 106 valence electrons. The van der Waals surface area contributed by atoms with Crippen LogP contribution in [-0.2, 0) is 0 Å². The van der Waals surface area contributed by atoms with Gasteiger partial charge in [0, 0.05) is 22.8 Å². The Labute approximate surface area is 123 Å². The van der Waals surface area contributed by atoms with E-state index in [1.54, 1.807) is 4.57 Å². The molecule has 3 heteroatoms. The largest absolute Gasteiger partial charge is 0.312 e. The van der Waals surface area contributed by atoms with Gasteiger partial charge < -0.3 is 5.32 Å². The van der Waals surface area contributed by atoms with Crippen LogP contribution in [0.2, 0.25) is 0 Å². The first-order valence-electron chi connectivity index (χ1n) is 7.10. The lowest BCUT2D eigenvalue weighted by Gasteiger charge is -2.19. The van der Waals surface area contributed by atoms with E-state index in [4.69, 9.17) is 0 Å². The summed E-state index contributed by atoms with van der Waals surface area (Å²) in [5.41, 5.74) is 1.88. The van der Waals surface area contributed by atoms with Gasteiger partial charge in [-0.2, -0.15) is 0 Å². The molecule has 0 bridgehead atoms. The van der Waals surface area contributed by atoms with Gasteiger partial charge >= 0.3 is 0 Å². The van der Waals surface area contributed by atoms with E-state index in [9.17, 15) is 4.79 Å². The molecular formula is C18H18N2O. The predicted octanol–water partition coefficient (Wildman–Crippen LogP) is 3.27. The van der Waals surface area contributed by atoms with Crippen molar-refractivity contribution in [1.29, 1.82) is 0 Å². The van der Waals surface area contributed by atoms with E-state index in [1.165, 1.54) is 0 Å². The average Bonchev–Trinajstić information content (AvgIpc) is 2.55. The van der Waals surface area contributed by atoms with Crippen molar-refractivity contribution in [1.82, 2.24) is 9.88 Å². The van der Waals surface area contributed by atoms with Gasteiger partial charge in [0.1, 0.15) is 0 Å². The predicted molar refractivity (Wildman–Crippen MR) is 87.0 cm³/mol. The highest BCUT2D eigenvalue weighted by molar-refractivity contribution is 5.82. The molecule has 0 amide bonds. The molecule has 3 rings (SSSR count). The molecular weight excluding hydrogens is 260 g/mol. The number of nitrogens with zero attached hydrogens (tertiary/aromatic N) is 1. The zero-order valence-electron chi connectivity index (χ0n) is 12.2. The summed E-state index contributed by atoms with van der Waals surface area (Å²) < 4.78 is 1.80. The van der Waals surface area contributed by atoms with Crippen molar-refractivity contribution >= 4 is 10.8 Å². The van der Waals surface area contributed by atoms with Crippen molar-refractivity contribution < 1.29 is 0 Å². The van der Waals surface area contributed by atoms with E-state index in [-0.39, 0.29) is 11.6 Å². The lowest BCUT2D eigenvalue weighted by atomic mass is 10.1. The zero-order chi connectivity index (χ0) is 14.8. The lowest BCUT2D eigenvalue weighted by Crippen LogP contribution is -2.27. The van der Waals surface area contributed by atoms with Crippen LogP contribution in [0, 0.1) is 0 Å². The molecule has 0 aliphatic heterocycles. The fraction of sp³-hybridized carbons (Fsp3) is 0.167. The van der Waals surface area contributed by atoms with Crippen molar-refractivity contribution in [2.24, 2.45) is 0 Å². The van der Waals surface area contributed by atoms with E-state index in [0.717, 1.165) is 22.2 Å². The SMILES string of the molecule is CN[C@@H](C)c1cc2ccccc2c(=O)n1-c1ccccc1. The number of nitrogens with one attached hydrogen (secondary N) is 1. The maximum atomic E-state index is 12.9. The summed E-state index contributed by atoms with van der Waals surface area (Å²) in [6.07, 6.45) is 0. The minimum absolute atomic E-state index is 0.0244. The molecule has 1 atom stereocenters. The summed E-state index contributed by atoms with van der Waals surface area (Å²) in [5.74, 6) is 0. The second-order valence-electron chi connectivity index (χ2n) is 5.14. The summed E-state index contributed by atoms with van der Waals surface area (Å²) in [6.45, 7) is 2.06. The molecule has 0 saturated carbocycles. The molecule has 3 nitrogen and oxygen atoms in total. The first-order chi connectivity index (χ1) is 10.2. The summed E-state index contributed by atoms with van der Waals surface area (Å²) in [7, 11) is 1.90. The maximum Gasteiger partial charge on any atom is 0.263 e. The van der Waals surface area contributed by atoms with Crippen LogP contribution < -0.4 is 10.9 Å². The first-order valence-corrected chi connectivity index (χ1v) is 7.10. The van der Waals surface area contributed by atoms with Crippen LogP contribution in [0.5, 0.6) is 0 Å². The summed E-state index contributed by atoms with van der Waals surface area (Å²) in [5, 5.41) is 4.95. The number of benzene rings is 2. The Morgan fingerprint density at radius 2 is 1.67 bits per heavy atom. The van der Waals surface area contributed by atoms with Gasteiger partial charge in [0.2, 0.25) is 0 Å². The van der Waals surface area contributed by atoms with Gasteiger partial charge in [-0.15, -0.1) is 0 Å². The number of para-hydroxylation sites is 1. The van der Waals surface area contributed by atoms with Gasteiger partial charge in [0.15, 0.2) is 0 Å². The number of fused-ring (bicyclic) bond motifs is 1. The van der Waals surface area contributed by atoms with Crippen LogP contribution in [0.15, 0.2) is 65.5 Å². The molecule has 0 radical (unpaired) electrons. The van der Waals surface area contributed by atoms with Crippen LogP contribution in [0.1, 0.15) is 18.7 Å². The average molecular weight is 278 g/mol. The van der Waals surface area contributed by atoms with Crippen LogP contribution in [0.3, 0.4) is 0 Å². The number of hydrogen-bond acceptors (Lipinski definition) is 2. The van der Waals surface area contributed by atoms with Gasteiger partial charge in [-0.05, 0) is 43.6 Å². The van der Waals surface area contributed by atoms with Crippen molar-refractivity contribution in [3.63, 3.8) is 0 Å². The third-order valence-corrected chi connectivity index (χ3v) is 3.85. The number of hydrogen-bond donors (Lipinski definition) is 1. The zero-order valence-corrected chi connectivity index (χ0v) is 12.2. The smallest absolute Gasteiger partial charge is 0.263 e. The molecule has 2 aromatic carbocycles. The Hall–Kier alpha value is -2.39. The number of rotatable bonds is 3. The molecule has 1 N–H and O–H groups in total. The number of pyridine rings is 1. The molecule has 0 saturated heterocycles. The summed E-state index contributed by atoms with van der Waals surface area (Å²) in [4.78, 5) is 12.9. The van der Waals surface area contributed by atoms with Crippen LogP contribution in [-0.4, -0.2) is 11.6 Å². The molecule has 0 spiro atoms. The Morgan fingerprint density at radius 3 is 2.38 bits per heavy atom. The fourth-order valence-electron chi connectivity index (χ4n) is 2.59. The van der Waals surface area contributed by atoms with Crippen molar-refractivity contribution in [2.45, 2.75) is 13.0 Å². The van der Waals surface area contributed by atoms with E-state index in [1.807, 2.05) is 61.6 Å². The fourth-order valence-corrected chi connectivity index (χ4v) is 2.59. The first kappa shape index (κ1) is 13.6. The molecule has 0 aliphatic rings. The molecule has 0 fully saturated rings. The van der Waals surface area contributed by atoms with Gasteiger partial charge in [-0.25, -0.2) is 0 Å². The standard InChI is InChI=1S/C18H18N2O/c1-13(19-2)17-12-14-8-6-7-11-16(14)18(21)20(17)15-9-4-3-5-10-15/h3-13,19H,1-2H3/t13-/m0/s1. The summed E-state index contributed by atoms with van der Waals surface area (Å²) >= 11 is 0. The molecule has 1 aromatic heterocycles. The second-order valence-corrected chi connectivity index (χ2v) is 5.14. The Morgan fingerprint density at radius 1 is 1.00 bits per heavy atom. The molecule has 0 aliphatic carbocycles. The van der Waals surface area contributed by atoms with Crippen molar-refractivity contribution in [3.8, 4) is 5.69 Å². The topological polar surface area (TPSA) is 34.0 Å². The minimum atomic E-state index is 0.0244. The van der Waals surface area contributed by atoms with Gasteiger partial charge in [0.25, 0.3) is 5.56 Å². The molecule has 1 heterocycles. The maximum absolute atomic E-state index is 12.9.